The molecular weight excluding hydrogens is 430 g/mol. The zero-order chi connectivity index (χ0) is 22.0. The highest BCUT2D eigenvalue weighted by molar-refractivity contribution is 7.87. The molecule has 0 heterocycles. The smallest absolute Gasteiger partial charge is 0.339 e. The molecule has 4 aromatic rings. The first-order valence-corrected chi connectivity index (χ1v) is 11.5. The quantitative estimate of drug-likeness (QED) is 0.254. The number of hydrogen-bond acceptors (Lipinski definition) is 4. The number of aryl methyl sites for hydroxylation is 2. The summed E-state index contributed by atoms with van der Waals surface area (Å²) in [6.07, 6.45) is 1.65. The van der Waals surface area contributed by atoms with Crippen molar-refractivity contribution in [2.45, 2.75) is 18.7 Å². The Bertz CT molecular complexity index is 1390. The first kappa shape index (κ1) is 21.1. The second-order valence-corrected chi connectivity index (χ2v) is 9.20. The number of fused-ring (bicyclic) bond motifs is 1. The van der Waals surface area contributed by atoms with E-state index >= 15 is 0 Å². The normalized spacial score (nSPS) is 11.8. The van der Waals surface area contributed by atoms with Crippen molar-refractivity contribution >= 4 is 44.4 Å². The molecule has 0 N–H and O–H groups in total. The molecule has 0 aromatic heterocycles. The van der Waals surface area contributed by atoms with Gasteiger partial charge in [-0.25, -0.2) is 0 Å². The zero-order valence-corrected chi connectivity index (χ0v) is 18.6. The molecule has 0 aliphatic carbocycles. The number of halogens is 1. The Labute approximate surface area is 186 Å². The predicted octanol–water partition coefficient (Wildman–Crippen LogP) is 6.63. The van der Waals surface area contributed by atoms with Gasteiger partial charge in [-0.3, -0.25) is 4.99 Å². The number of rotatable bonds is 5. The fourth-order valence-electron chi connectivity index (χ4n) is 3.19. The number of hydrogen-bond donors (Lipinski definition) is 0. The van der Waals surface area contributed by atoms with Gasteiger partial charge in [0.05, 0.1) is 5.69 Å². The highest BCUT2D eigenvalue weighted by Crippen LogP contribution is 2.30. The first-order chi connectivity index (χ1) is 14.8. The molecule has 156 valence electrons. The van der Waals surface area contributed by atoms with Crippen LogP contribution in [0.15, 0.2) is 88.8 Å². The molecule has 0 fully saturated rings. The average molecular weight is 450 g/mol. The third kappa shape index (κ3) is 4.63. The monoisotopic (exact) mass is 449 g/mol. The lowest BCUT2D eigenvalue weighted by Gasteiger charge is -2.12. The van der Waals surface area contributed by atoms with Crippen molar-refractivity contribution in [1.82, 2.24) is 0 Å². The van der Waals surface area contributed by atoms with Gasteiger partial charge in [0.25, 0.3) is 0 Å². The summed E-state index contributed by atoms with van der Waals surface area (Å²) in [7, 11) is -4.04. The van der Waals surface area contributed by atoms with Crippen LogP contribution in [0.4, 0.5) is 5.69 Å². The van der Waals surface area contributed by atoms with Crippen LogP contribution in [0.2, 0.25) is 5.02 Å². The molecule has 0 saturated carbocycles. The van der Waals surface area contributed by atoms with Gasteiger partial charge in [0.15, 0.2) is 5.75 Å². The van der Waals surface area contributed by atoms with E-state index in [-0.39, 0.29) is 10.6 Å². The molecule has 6 heteroatoms. The second-order valence-electron chi connectivity index (χ2n) is 7.22. The highest BCUT2D eigenvalue weighted by Gasteiger charge is 2.19. The predicted molar refractivity (Wildman–Crippen MR) is 126 cm³/mol. The van der Waals surface area contributed by atoms with Gasteiger partial charge in [-0.15, -0.1) is 0 Å². The summed E-state index contributed by atoms with van der Waals surface area (Å²) in [5.74, 6) is 0.209. The lowest BCUT2D eigenvalue weighted by molar-refractivity contribution is 0.486. The third-order valence-electron chi connectivity index (χ3n) is 5.07. The summed E-state index contributed by atoms with van der Waals surface area (Å²) in [6.45, 7) is 4.07. The molecule has 0 bridgehead atoms. The van der Waals surface area contributed by atoms with Crippen LogP contribution in [-0.2, 0) is 10.1 Å². The SMILES string of the molecule is Cc1ccc(N=Cc2c(OS(=O)(=O)c3ccc(Cl)cc3)ccc3ccccc23)cc1C. The van der Waals surface area contributed by atoms with Crippen molar-refractivity contribution in [3.05, 3.63) is 101 Å². The Morgan fingerprint density at radius 3 is 2.35 bits per heavy atom. The molecule has 0 aliphatic heterocycles. The van der Waals surface area contributed by atoms with E-state index in [1.807, 2.05) is 62.4 Å². The molecule has 0 radical (unpaired) electrons. The summed E-state index contributed by atoms with van der Waals surface area (Å²) in [6, 6.07) is 23.0. The maximum atomic E-state index is 12.8. The summed E-state index contributed by atoms with van der Waals surface area (Å²) >= 11 is 5.88. The lowest BCUT2D eigenvalue weighted by atomic mass is 10.0. The van der Waals surface area contributed by atoms with Gasteiger partial charge in [-0.1, -0.05) is 48.0 Å². The maximum absolute atomic E-state index is 12.8. The zero-order valence-electron chi connectivity index (χ0n) is 17.0. The van der Waals surface area contributed by atoms with Gasteiger partial charge in [-0.2, -0.15) is 8.42 Å². The Morgan fingerprint density at radius 1 is 0.871 bits per heavy atom. The van der Waals surface area contributed by atoms with Gasteiger partial charge in [0, 0.05) is 16.8 Å². The lowest BCUT2D eigenvalue weighted by Crippen LogP contribution is -2.11. The molecule has 0 atom stereocenters. The van der Waals surface area contributed by atoms with E-state index in [0.29, 0.717) is 10.6 Å². The highest BCUT2D eigenvalue weighted by atomic mass is 35.5. The molecular formula is C25H20ClNO3S. The standard InChI is InChI=1S/C25H20ClNO3S/c1-17-7-11-21(15-18(17)2)27-16-24-23-6-4-3-5-19(23)8-14-25(24)30-31(28,29)22-12-9-20(26)10-13-22/h3-16H,1-2H3. The van der Waals surface area contributed by atoms with Gasteiger partial charge >= 0.3 is 10.1 Å². The fourth-order valence-corrected chi connectivity index (χ4v) is 4.27. The minimum atomic E-state index is -4.04. The summed E-state index contributed by atoms with van der Waals surface area (Å²) < 4.78 is 31.2. The van der Waals surface area contributed by atoms with Crippen LogP contribution >= 0.6 is 11.6 Å². The molecule has 0 amide bonds. The van der Waals surface area contributed by atoms with E-state index in [1.54, 1.807) is 12.3 Å². The van der Waals surface area contributed by atoms with Gasteiger partial charge in [-0.05, 0) is 78.2 Å². The summed E-state index contributed by atoms with van der Waals surface area (Å²) in [5, 5.41) is 2.25. The van der Waals surface area contributed by atoms with Crippen LogP contribution in [0.1, 0.15) is 16.7 Å². The number of aliphatic imine (C=N–C) groups is 1. The van der Waals surface area contributed by atoms with Gasteiger partial charge < -0.3 is 4.18 Å². The van der Waals surface area contributed by atoms with E-state index < -0.39 is 10.1 Å². The molecule has 0 aliphatic rings. The molecule has 0 unspecified atom stereocenters. The molecule has 0 saturated heterocycles. The third-order valence-corrected chi connectivity index (χ3v) is 6.57. The maximum Gasteiger partial charge on any atom is 0.339 e. The van der Waals surface area contributed by atoms with E-state index in [1.165, 1.54) is 29.8 Å². The van der Waals surface area contributed by atoms with Crippen molar-refractivity contribution in [3.63, 3.8) is 0 Å². The van der Waals surface area contributed by atoms with E-state index in [4.69, 9.17) is 15.8 Å². The van der Waals surface area contributed by atoms with E-state index in [0.717, 1.165) is 22.0 Å². The molecule has 0 spiro atoms. The summed E-state index contributed by atoms with van der Waals surface area (Å²) in [5.41, 5.74) is 3.69. The largest absolute Gasteiger partial charge is 0.378 e. The van der Waals surface area contributed by atoms with Crippen molar-refractivity contribution < 1.29 is 12.6 Å². The van der Waals surface area contributed by atoms with Crippen molar-refractivity contribution in [1.29, 1.82) is 0 Å². The first-order valence-electron chi connectivity index (χ1n) is 9.67. The Morgan fingerprint density at radius 2 is 1.61 bits per heavy atom. The van der Waals surface area contributed by atoms with Crippen LogP contribution in [0.3, 0.4) is 0 Å². The van der Waals surface area contributed by atoms with E-state index in [9.17, 15) is 8.42 Å². The van der Waals surface area contributed by atoms with E-state index in [2.05, 4.69) is 4.99 Å². The van der Waals surface area contributed by atoms with Gasteiger partial charge in [0.1, 0.15) is 4.90 Å². The molecule has 31 heavy (non-hydrogen) atoms. The van der Waals surface area contributed by atoms with Crippen LogP contribution in [0.25, 0.3) is 10.8 Å². The van der Waals surface area contributed by atoms with Crippen LogP contribution in [-0.4, -0.2) is 14.6 Å². The van der Waals surface area contributed by atoms with Crippen LogP contribution < -0.4 is 4.18 Å². The number of nitrogens with zero attached hydrogens (tertiary/aromatic N) is 1. The molecule has 4 aromatic carbocycles. The number of benzene rings is 4. The molecule has 4 nitrogen and oxygen atoms in total. The van der Waals surface area contributed by atoms with Crippen LogP contribution in [0, 0.1) is 13.8 Å². The minimum absolute atomic E-state index is 0.0297. The van der Waals surface area contributed by atoms with Crippen LogP contribution in [0.5, 0.6) is 5.75 Å². The molecule has 4 rings (SSSR count). The Balaban J connectivity index is 1.79. The van der Waals surface area contributed by atoms with Gasteiger partial charge in [0.2, 0.25) is 0 Å². The average Bonchev–Trinajstić information content (AvgIpc) is 2.75. The van der Waals surface area contributed by atoms with Crippen molar-refractivity contribution in [2.24, 2.45) is 4.99 Å². The minimum Gasteiger partial charge on any atom is -0.378 e. The topological polar surface area (TPSA) is 55.7 Å². The van der Waals surface area contributed by atoms with Crippen molar-refractivity contribution in [3.8, 4) is 5.75 Å². The summed E-state index contributed by atoms with van der Waals surface area (Å²) in [4.78, 5) is 4.62. The Kier molecular flexibility index (Phi) is 5.81. The Hall–Kier alpha value is -3.15. The fraction of sp³-hybridized carbons (Fsp3) is 0.0800. The second kappa shape index (κ2) is 8.53. The van der Waals surface area contributed by atoms with Crippen molar-refractivity contribution in [2.75, 3.05) is 0 Å².